The predicted octanol–water partition coefficient (Wildman–Crippen LogP) is 2.68. The second kappa shape index (κ2) is 5.87. The number of halogens is 1. The maximum Gasteiger partial charge on any atom is 0.226 e. The molecule has 1 heterocycles. The molecule has 4 nitrogen and oxygen atoms in total. The van der Waals surface area contributed by atoms with Crippen LogP contribution in [-0.2, 0) is 0 Å². The van der Waals surface area contributed by atoms with Crippen LogP contribution in [0.1, 0.15) is 25.7 Å². The van der Waals surface area contributed by atoms with Gasteiger partial charge in [-0.05, 0) is 18.9 Å². The number of anilines is 2. The van der Waals surface area contributed by atoms with Crippen molar-refractivity contribution in [3.8, 4) is 0 Å². The monoisotopic (exact) mass is 312 g/mol. The van der Waals surface area contributed by atoms with Crippen molar-refractivity contribution in [2.75, 3.05) is 30.9 Å². The van der Waals surface area contributed by atoms with Crippen LogP contribution in [0.25, 0.3) is 0 Å². The van der Waals surface area contributed by atoms with E-state index in [-0.39, 0.29) is 0 Å². The van der Waals surface area contributed by atoms with Crippen molar-refractivity contribution in [3.63, 3.8) is 0 Å². The number of rotatable bonds is 3. The lowest BCUT2D eigenvalue weighted by atomic mass is 9.94. The number of hydrogen-bond donors (Lipinski definition) is 0. The van der Waals surface area contributed by atoms with Crippen molar-refractivity contribution >= 4 is 27.7 Å². The molecule has 18 heavy (non-hydrogen) atoms. The van der Waals surface area contributed by atoms with E-state index in [0.29, 0.717) is 10.9 Å². The van der Waals surface area contributed by atoms with E-state index in [0.717, 1.165) is 11.8 Å². The summed E-state index contributed by atoms with van der Waals surface area (Å²) in [7, 11) is 6.06. The summed E-state index contributed by atoms with van der Waals surface area (Å²) in [4.78, 5) is 13.6. The summed E-state index contributed by atoms with van der Waals surface area (Å²) in [6.07, 6.45) is 6.95. The fourth-order valence-corrected chi connectivity index (χ4v) is 3.37. The third kappa shape index (κ3) is 2.94. The first-order valence-corrected chi connectivity index (χ1v) is 7.38. The highest BCUT2D eigenvalue weighted by molar-refractivity contribution is 9.09. The highest BCUT2D eigenvalue weighted by atomic mass is 79.9. The van der Waals surface area contributed by atoms with Crippen molar-refractivity contribution in [1.29, 1.82) is 0 Å². The van der Waals surface area contributed by atoms with Gasteiger partial charge in [-0.25, -0.2) is 4.98 Å². The maximum atomic E-state index is 4.60. The average Bonchev–Trinajstić information content (AvgIpc) is 2.38. The van der Waals surface area contributed by atoms with Gasteiger partial charge >= 0.3 is 0 Å². The van der Waals surface area contributed by atoms with E-state index in [1.54, 1.807) is 0 Å². The van der Waals surface area contributed by atoms with Crippen molar-refractivity contribution in [3.05, 3.63) is 12.3 Å². The molecule has 5 heteroatoms. The standard InChI is InChI=1S/C13H21BrN4/c1-17(2)13-15-9-8-12(16-13)18(3)11-7-5-4-6-10(11)14/h8-11H,4-7H2,1-3H3. The highest BCUT2D eigenvalue weighted by Crippen LogP contribution is 2.30. The Hall–Kier alpha value is -0.840. The summed E-state index contributed by atoms with van der Waals surface area (Å²) in [6, 6.07) is 2.52. The smallest absolute Gasteiger partial charge is 0.226 e. The molecule has 1 aliphatic carbocycles. The van der Waals surface area contributed by atoms with Gasteiger partial charge in [-0.1, -0.05) is 28.8 Å². The summed E-state index contributed by atoms with van der Waals surface area (Å²) in [5.41, 5.74) is 0. The highest BCUT2D eigenvalue weighted by Gasteiger charge is 2.27. The minimum Gasteiger partial charge on any atom is -0.355 e. The Bertz CT molecular complexity index is 396. The topological polar surface area (TPSA) is 32.3 Å². The summed E-state index contributed by atoms with van der Waals surface area (Å²) < 4.78 is 0. The predicted molar refractivity (Wildman–Crippen MR) is 79.7 cm³/mol. The summed E-state index contributed by atoms with van der Waals surface area (Å²) in [5.74, 6) is 1.77. The largest absolute Gasteiger partial charge is 0.355 e. The molecule has 0 bridgehead atoms. The molecule has 1 aromatic heterocycles. The van der Waals surface area contributed by atoms with Crippen LogP contribution in [0.5, 0.6) is 0 Å². The molecular weight excluding hydrogens is 292 g/mol. The minimum atomic E-state index is 0.531. The van der Waals surface area contributed by atoms with E-state index >= 15 is 0 Å². The summed E-state index contributed by atoms with van der Waals surface area (Å²) >= 11 is 3.80. The van der Waals surface area contributed by atoms with Crippen molar-refractivity contribution in [1.82, 2.24) is 9.97 Å². The second-order valence-corrected chi connectivity index (χ2v) is 6.26. The van der Waals surface area contributed by atoms with Crippen molar-refractivity contribution in [2.45, 2.75) is 36.6 Å². The minimum absolute atomic E-state index is 0.531. The fraction of sp³-hybridized carbons (Fsp3) is 0.692. The lowest BCUT2D eigenvalue weighted by molar-refractivity contribution is 0.442. The van der Waals surface area contributed by atoms with E-state index in [4.69, 9.17) is 0 Å². The molecule has 0 radical (unpaired) electrons. The first-order valence-electron chi connectivity index (χ1n) is 6.47. The molecule has 0 aromatic carbocycles. The van der Waals surface area contributed by atoms with Gasteiger partial charge in [0, 0.05) is 38.2 Å². The van der Waals surface area contributed by atoms with E-state index in [1.165, 1.54) is 25.7 Å². The van der Waals surface area contributed by atoms with Gasteiger partial charge in [-0.3, -0.25) is 0 Å². The average molecular weight is 313 g/mol. The fourth-order valence-electron chi connectivity index (χ4n) is 2.42. The lowest BCUT2D eigenvalue weighted by Crippen LogP contribution is -2.41. The first kappa shape index (κ1) is 13.6. The van der Waals surface area contributed by atoms with Crippen LogP contribution in [0.4, 0.5) is 11.8 Å². The van der Waals surface area contributed by atoms with Crippen LogP contribution < -0.4 is 9.80 Å². The van der Waals surface area contributed by atoms with E-state index in [1.807, 2.05) is 31.3 Å². The third-order valence-corrected chi connectivity index (χ3v) is 4.60. The van der Waals surface area contributed by atoms with Gasteiger partial charge in [0.15, 0.2) is 0 Å². The Morgan fingerprint density at radius 2 is 1.94 bits per heavy atom. The molecule has 0 aliphatic heterocycles. The Labute approximate surface area is 118 Å². The Morgan fingerprint density at radius 3 is 2.61 bits per heavy atom. The summed E-state index contributed by atoms with van der Waals surface area (Å²) in [5, 5.41) is 0. The zero-order chi connectivity index (χ0) is 13.1. The zero-order valence-corrected chi connectivity index (χ0v) is 12.9. The lowest BCUT2D eigenvalue weighted by Gasteiger charge is -2.36. The molecule has 0 amide bonds. The molecule has 1 aliphatic rings. The third-order valence-electron chi connectivity index (χ3n) is 3.53. The molecule has 2 rings (SSSR count). The number of aromatic nitrogens is 2. The maximum absolute atomic E-state index is 4.60. The molecule has 1 fully saturated rings. The Kier molecular flexibility index (Phi) is 4.43. The van der Waals surface area contributed by atoms with E-state index in [9.17, 15) is 0 Å². The number of alkyl halides is 1. The van der Waals surface area contributed by atoms with Gasteiger partial charge in [0.25, 0.3) is 0 Å². The Balaban J connectivity index is 2.16. The van der Waals surface area contributed by atoms with Crippen LogP contribution in [0.2, 0.25) is 0 Å². The molecule has 2 atom stereocenters. The molecule has 0 spiro atoms. The quantitative estimate of drug-likeness (QED) is 0.803. The number of nitrogens with zero attached hydrogens (tertiary/aromatic N) is 4. The van der Waals surface area contributed by atoms with Gasteiger partial charge in [-0.15, -0.1) is 0 Å². The van der Waals surface area contributed by atoms with Crippen molar-refractivity contribution < 1.29 is 0 Å². The van der Waals surface area contributed by atoms with Crippen LogP contribution in [0.3, 0.4) is 0 Å². The van der Waals surface area contributed by atoms with Crippen LogP contribution in [0.15, 0.2) is 12.3 Å². The molecule has 2 unspecified atom stereocenters. The number of hydrogen-bond acceptors (Lipinski definition) is 4. The second-order valence-electron chi connectivity index (χ2n) is 5.09. The molecule has 0 saturated heterocycles. The van der Waals surface area contributed by atoms with Crippen molar-refractivity contribution in [2.24, 2.45) is 0 Å². The van der Waals surface area contributed by atoms with Crippen LogP contribution >= 0.6 is 15.9 Å². The molecule has 0 N–H and O–H groups in total. The zero-order valence-electron chi connectivity index (χ0n) is 11.3. The summed E-state index contributed by atoms with van der Waals surface area (Å²) in [6.45, 7) is 0. The first-order chi connectivity index (χ1) is 8.59. The van der Waals surface area contributed by atoms with Crippen LogP contribution in [0, 0.1) is 0 Å². The molecule has 1 saturated carbocycles. The molecular formula is C13H21BrN4. The van der Waals surface area contributed by atoms with Gasteiger partial charge < -0.3 is 9.80 Å². The van der Waals surface area contributed by atoms with E-state index < -0.39 is 0 Å². The van der Waals surface area contributed by atoms with Gasteiger partial charge in [0.05, 0.1) is 0 Å². The van der Waals surface area contributed by atoms with Gasteiger partial charge in [-0.2, -0.15) is 4.98 Å². The normalized spacial score (nSPS) is 23.8. The molecule has 1 aromatic rings. The van der Waals surface area contributed by atoms with E-state index in [2.05, 4.69) is 37.8 Å². The van der Waals surface area contributed by atoms with Gasteiger partial charge in [0.1, 0.15) is 5.82 Å². The SMILES string of the molecule is CN(C)c1nccc(N(C)C2CCCCC2Br)n1. The van der Waals surface area contributed by atoms with Crippen LogP contribution in [-0.4, -0.2) is 42.0 Å². The molecule has 100 valence electrons. The Morgan fingerprint density at radius 1 is 1.22 bits per heavy atom. The van der Waals surface area contributed by atoms with Gasteiger partial charge in [0.2, 0.25) is 5.95 Å².